The molecule has 3 aromatic carbocycles. The van der Waals surface area contributed by atoms with Gasteiger partial charge in [0.2, 0.25) is 5.91 Å². The summed E-state index contributed by atoms with van der Waals surface area (Å²) in [5.74, 6) is -1.35. The van der Waals surface area contributed by atoms with Gasteiger partial charge in [0.1, 0.15) is 11.4 Å². The zero-order valence-corrected chi connectivity index (χ0v) is 19.8. The Morgan fingerprint density at radius 3 is 2.44 bits per heavy atom. The number of amides is 2. The van der Waals surface area contributed by atoms with Crippen LogP contribution < -0.4 is 16.1 Å². The van der Waals surface area contributed by atoms with E-state index in [1.54, 1.807) is 24.3 Å². The Hall–Kier alpha value is -4.30. The number of anilines is 1. The van der Waals surface area contributed by atoms with Crippen LogP contribution in [0.4, 0.5) is 10.1 Å². The predicted molar refractivity (Wildman–Crippen MR) is 136 cm³/mol. The predicted octanol–water partition coefficient (Wildman–Crippen LogP) is 4.32. The van der Waals surface area contributed by atoms with E-state index in [1.807, 2.05) is 25.2 Å². The van der Waals surface area contributed by atoms with Crippen molar-refractivity contribution in [3.63, 3.8) is 0 Å². The number of halogens is 1. The molecule has 2 N–H and O–H groups in total. The van der Waals surface area contributed by atoms with Gasteiger partial charge >= 0.3 is 0 Å². The van der Waals surface area contributed by atoms with Gasteiger partial charge in [-0.1, -0.05) is 42.5 Å². The second-order valence-corrected chi connectivity index (χ2v) is 8.52. The summed E-state index contributed by atoms with van der Waals surface area (Å²) in [4.78, 5) is 39.0. The first kappa shape index (κ1) is 24.8. The maximum Gasteiger partial charge on any atom is 0.287 e. The molecule has 0 atom stereocenters. The molecule has 4 rings (SSSR count). The lowest BCUT2D eigenvalue weighted by Crippen LogP contribution is -2.24. The highest BCUT2D eigenvalue weighted by molar-refractivity contribution is 5.93. The van der Waals surface area contributed by atoms with Gasteiger partial charge in [0, 0.05) is 37.8 Å². The molecule has 0 aliphatic carbocycles. The van der Waals surface area contributed by atoms with Gasteiger partial charge in [0.05, 0.1) is 5.39 Å². The van der Waals surface area contributed by atoms with E-state index in [0.717, 1.165) is 30.3 Å². The largest absolute Gasteiger partial charge is 0.451 e. The lowest BCUT2D eigenvalue weighted by atomic mass is 10.2. The van der Waals surface area contributed by atoms with Crippen LogP contribution in [0.3, 0.4) is 0 Å². The van der Waals surface area contributed by atoms with E-state index >= 15 is 0 Å². The SMILES string of the molecule is CN(CCC(=O)Nc1ccc(CNC(=O)c2cc(=O)c3cc(F)ccc3o2)cc1)Cc1ccccc1. The highest BCUT2D eigenvalue weighted by atomic mass is 19.1. The quantitative estimate of drug-likeness (QED) is 0.367. The number of hydrogen-bond donors (Lipinski definition) is 2. The molecule has 1 aromatic heterocycles. The zero-order valence-electron chi connectivity index (χ0n) is 19.8. The van der Waals surface area contributed by atoms with Gasteiger partial charge < -0.3 is 20.0 Å². The summed E-state index contributed by atoms with van der Waals surface area (Å²) in [6.07, 6.45) is 0.366. The molecular formula is C28H26FN3O4. The molecular weight excluding hydrogens is 461 g/mol. The van der Waals surface area contributed by atoms with Crippen molar-refractivity contribution in [1.82, 2.24) is 10.2 Å². The molecule has 0 bridgehead atoms. The third-order valence-corrected chi connectivity index (χ3v) is 5.62. The van der Waals surface area contributed by atoms with Crippen molar-refractivity contribution in [2.45, 2.75) is 19.5 Å². The van der Waals surface area contributed by atoms with Crippen LogP contribution in [0.5, 0.6) is 0 Å². The lowest BCUT2D eigenvalue weighted by Gasteiger charge is -2.16. The van der Waals surface area contributed by atoms with Gasteiger partial charge in [-0.25, -0.2) is 4.39 Å². The fraction of sp³-hybridized carbons (Fsp3) is 0.179. The highest BCUT2D eigenvalue weighted by Crippen LogP contribution is 2.15. The number of hydrogen-bond acceptors (Lipinski definition) is 5. The molecule has 1 heterocycles. The summed E-state index contributed by atoms with van der Waals surface area (Å²) in [5, 5.41) is 5.65. The molecule has 184 valence electrons. The van der Waals surface area contributed by atoms with Crippen molar-refractivity contribution >= 4 is 28.5 Å². The fourth-order valence-corrected chi connectivity index (χ4v) is 3.71. The number of carbonyl (C=O) groups is 2. The van der Waals surface area contributed by atoms with Crippen LogP contribution in [0, 0.1) is 5.82 Å². The molecule has 8 heteroatoms. The van der Waals surface area contributed by atoms with Crippen LogP contribution >= 0.6 is 0 Å². The first-order chi connectivity index (χ1) is 17.4. The molecule has 0 saturated carbocycles. The number of carbonyl (C=O) groups excluding carboxylic acids is 2. The molecule has 2 amide bonds. The van der Waals surface area contributed by atoms with E-state index in [-0.39, 0.29) is 29.2 Å². The Kier molecular flexibility index (Phi) is 7.87. The van der Waals surface area contributed by atoms with E-state index in [0.29, 0.717) is 18.7 Å². The highest BCUT2D eigenvalue weighted by Gasteiger charge is 2.13. The smallest absolute Gasteiger partial charge is 0.287 e. The summed E-state index contributed by atoms with van der Waals surface area (Å²) in [6, 6.07) is 21.8. The molecule has 0 fully saturated rings. The van der Waals surface area contributed by atoms with Gasteiger partial charge in [0.25, 0.3) is 5.91 Å². The van der Waals surface area contributed by atoms with E-state index in [4.69, 9.17) is 4.42 Å². The maximum atomic E-state index is 13.3. The maximum absolute atomic E-state index is 13.3. The normalized spacial score (nSPS) is 11.0. The van der Waals surface area contributed by atoms with Crippen molar-refractivity contribution in [3.8, 4) is 0 Å². The molecule has 0 spiro atoms. The second-order valence-electron chi connectivity index (χ2n) is 8.52. The first-order valence-corrected chi connectivity index (χ1v) is 11.5. The van der Waals surface area contributed by atoms with Crippen molar-refractivity contribution in [1.29, 1.82) is 0 Å². The van der Waals surface area contributed by atoms with Gasteiger partial charge in [-0.15, -0.1) is 0 Å². The summed E-state index contributed by atoms with van der Waals surface area (Å²) in [6.45, 7) is 1.60. The topological polar surface area (TPSA) is 91.7 Å². The molecule has 0 saturated heterocycles. The molecule has 0 radical (unpaired) electrons. The average Bonchev–Trinajstić information content (AvgIpc) is 2.88. The van der Waals surface area contributed by atoms with E-state index in [2.05, 4.69) is 27.7 Å². The Labute approximate surface area is 207 Å². The van der Waals surface area contributed by atoms with Crippen LogP contribution in [0.25, 0.3) is 11.0 Å². The van der Waals surface area contributed by atoms with E-state index in [1.165, 1.54) is 11.6 Å². The Morgan fingerprint density at radius 2 is 1.69 bits per heavy atom. The molecule has 0 aliphatic heterocycles. The van der Waals surface area contributed by atoms with E-state index in [9.17, 15) is 18.8 Å². The first-order valence-electron chi connectivity index (χ1n) is 11.5. The van der Waals surface area contributed by atoms with Gasteiger partial charge in [-0.2, -0.15) is 0 Å². The van der Waals surface area contributed by atoms with Gasteiger partial charge in [-0.05, 0) is 48.5 Å². The molecule has 7 nitrogen and oxygen atoms in total. The van der Waals surface area contributed by atoms with Crippen molar-refractivity contribution in [3.05, 3.63) is 112 Å². The minimum Gasteiger partial charge on any atom is -0.451 e. The van der Waals surface area contributed by atoms with Crippen molar-refractivity contribution in [2.24, 2.45) is 0 Å². The van der Waals surface area contributed by atoms with Crippen LogP contribution in [0.1, 0.15) is 28.1 Å². The summed E-state index contributed by atoms with van der Waals surface area (Å²) in [7, 11) is 1.98. The standard InChI is InChI=1S/C28H26FN3O4/c1-32(18-20-5-3-2-4-6-20)14-13-27(34)31-22-10-7-19(8-11-22)17-30-28(35)26-16-24(33)23-15-21(29)9-12-25(23)36-26/h2-12,15-16H,13-14,17-18H2,1H3,(H,30,35)(H,31,34). The van der Waals surface area contributed by atoms with Crippen LogP contribution in [0.2, 0.25) is 0 Å². The third-order valence-electron chi connectivity index (χ3n) is 5.62. The summed E-state index contributed by atoms with van der Waals surface area (Å²) >= 11 is 0. The van der Waals surface area contributed by atoms with Gasteiger partial charge in [0.15, 0.2) is 11.2 Å². The summed E-state index contributed by atoms with van der Waals surface area (Å²) < 4.78 is 18.8. The van der Waals surface area contributed by atoms with Crippen LogP contribution in [0.15, 0.2) is 88.1 Å². The van der Waals surface area contributed by atoms with E-state index < -0.39 is 17.2 Å². The molecule has 0 unspecified atom stereocenters. The Morgan fingerprint density at radius 1 is 0.944 bits per heavy atom. The van der Waals surface area contributed by atoms with Crippen LogP contribution in [-0.4, -0.2) is 30.3 Å². The molecule has 36 heavy (non-hydrogen) atoms. The summed E-state index contributed by atoms with van der Waals surface area (Å²) in [5.41, 5.74) is 2.30. The number of rotatable bonds is 9. The number of benzene rings is 3. The monoisotopic (exact) mass is 487 g/mol. The number of nitrogens with zero attached hydrogens (tertiary/aromatic N) is 1. The lowest BCUT2D eigenvalue weighted by molar-refractivity contribution is -0.116. The average molecular weight is 488 g/mol. The number of nitrogens with one attached hydrogen (secondary N) is 2. The van der Waals surface area contributed by atoms with Crippen LogP contribution in [-0.2, 0) is 17.9 Å². The zero-order chi connectivity index (χ0) is 25.5. The minimum atomic E-state index is -0.560. The van der Waals surface area contributed by atoms with Gasteiger partial charge in [-0.3, -0.25) is 14.4 Å². The fourth-order valence-electron chi connectivity index (χ4n) is 3.71. The Bertz CT molecular complexity index is 1420. The van der Waals surface area contributed by atoms with Crippen molar-refractivity contribution < 1.29 is 18.4 Å². The molecule has 4 aromatic rings. The Balaban J connectivity index is 1.25. The minimum absolute atomic E-state index is 0.0759. The second kappa shape index (κ2) is 11.4. The third kappa shape index (κ3) is 6.64. The number of fused-ring (bicyclic) bond motifs is 1. The molecule has 0 aliphatic rings. The van der Waals surface area contributed by atoms with Crippen molar-refractivity contribution in [2.75, 3.05) is 18.9 Å².